The van der Waals surface area contributed by atoms with E-state index in [1.807, 2.05) is 0 Å². The summed E-state index contributed by atoms with van der Waals surface area (Å²) in [4.78, 5) is 9.01. The van der Waals surface area contributed by atoms with Crippen molar-refractivity contribution in [1.82, 2.24) is 0 Å². The molecule has 0 aromatic carbocycles. The minimum atomic E-state index is -1.44. The average Bonchev–Trinajstić information content (AvgIpc) is 1.38. The van der Waals surface area contributed by atoms with Gasteiger partial charge in [-0.3, -0.25) is 0 Å². The fraction of sp³-hybridized carbons (Fsp3) is 0.500. The van der Waals surface area contributed by atoms with Crippen molar-refractivity contribution in [2.75, 3.05) is 6.61 Å². The van der Waals surface area contributed by atoms with Gasteiger partial charge >= 0.3 is 37.7 Å². The number of hydrogen-bond donors (Lipinski definition) is 1. The van der Waals surface area contributed by atoms with Crippen LogP contribution in [0, 0.1) is 0 Å². The van der Waals surface area contributed by atoms with E-state index in [1.54, 1.807) is 0 Å². The molecule has 0 heterocycles. The van der Waals surface area contributed by atoms with Crippen LogP contribution in [0.3, 0.4) is 0 Å². The first-order valence-corrected chi connectivity index (χ1v) is 1.08. The van der Waals surface area contributed by atoms with E-state index in [9.17, 15) is 0 Å². The Kier molecular flexibility index (Phi) is 9.34. The first kappa shape index (κ1) is 9.85. The van der Waals surface area contributed by atoms with Crippen LogP contribution in [0.15, 0.2) is 0 Å². The van der Waals surface area contributed by atoms with E-state index in [0.29, 0.717) is 0 Å². The van der Waals surface area contributed by atoms with Crippen LogP contribution in [0.4, 0.5) is 0 Å². The van der Waals surface area contributed by atoms with Crippen LogP contribution in [0.25, 0.3) is 0 Å². The summed E-state index contributed by atoms with van der Waals surface area (Å²) in [6.45, 7) is -0.889. The van der Waals surface area contributed by atoms with Gasteiger partial charge in [0.1, 0.15) is 0 Å². The zero-order valence-electron chi connectivity index (χ0n) is 3.18. The average molecular weight is 115 g/mol. The van der Waals surface area contributed by atoms with Crippen LogP contribution in [0.1, 0.15) is 0 Å². The minimum Gasteiger partial charge on any atom is -0.548 e. The number of aliphatic hydroxyl groups is 1. The molecular formula is C2H3CaO3+. The molecule has 1 N–H and O–H groups in total. The minimum absolute atomic E-state index is 0. The van der Waals surface area contributed by atoms with Crippen LogP contribution < -0.4 is 5.11 Å². The fourth-order valence-electron chi connectivity index (χ4n) is 0. The zero-order valence-corrected chi connectivity index (χ0v) is 5.39. The summed E-state index contributed by atoms with van der Waals surface area (Å²) in [6.07, 6.45) is 0. The Balaban J connectivity index is 0. The van der Waals surface area contributed by atoms with Crippen LogP contribution in [0.5, 0.6) is 0 Å². The first-order valence-electron chi connectivity index (χ1n) is 1.08. The number of aliphatic carboxylic acids is 1. The Morgan fingerprint density at radius 3 is 2.00 bits per heavy atom. The topological polar surface area (TPSA) is 60.4 Å². The van der Waals surface area contributed by atoms with Gasteiger partial charge in [-0.1, -0.05) is 0 Å². The summed E-state index contributed by atoms with van der Waals surface area (Å²) >= 11 is 0. The molecule has 0 aliphatic rings. The Labute approximate surface area is 65.0 Å². The third-order valence-corrected chi connectivity index (χ3v) is 0.129. The van der Waals surface area contributed by atoms with Crippen LogP contribution in [-0.4, -0.2) is 55.4 Å². The molecule has 0 aliphatic carbocycles. The van der Waals surface area contributed by atoms with Gasteiger partial charge in [0, 0.05) is 0 Å². The summed E-state index contributed by atoms with van der Waals surface area (Å²) in [7, 11) is 0. The maximum Gasteiger partial charge on any atom is 2.00 e. The molecule has 0 atom stereocenters. The second kappa shape index (κ2) is 5.69. The van der Waals surface area contributed by atoms with Crippen molar-refractivity contribution in [1.29, 1.82) is 0 Å². The standard InChI is InChI=1S/C2H4O3.Ca/c3-1-2(4)5;/h3H,1H2,(H,4,5);/q;+2/p-1. The molecule has 0 unspecified atom stereocenters. The first-order chi connectivity index (χ1) is 2.27. The van der Waals surface area contributed by atoms with E-state index in [2.05, 4.69) is 0 Å². The van der Waals surface area contributed by atoms with Gasteiger partial charge in [0.05, 0.1) is 12.6 Å². The van der Waals surface area contributed by atoms with Gasteiger partial charge in [0.2, 0.25) is 0 Å². The molecule has 0 spiro atoms. The Bertz CT molecular complexity index is 44.1. The van der Waals surface area contributed by atoms with Gasteiger partial charge in [-0.15, -0.1) is 0 Å². The van der Waals surface area contributed by atoms with Gasteiger partial charge in [-0.2, -0.15) is 0 Å². The molecule has 0 saturated heterocycles. The molecule has 0 aromatic heterocycles. The maximum atomic E-state index is 9.01. The van der Waals surface area contributed by atoms with Crippen molar-refractivity contribution in [3.8, 4) is 0 Å². The fourth-order valence-corrected chi connectivity index (χ4v) is 0. The molecule has 6 heavy (non-hydrogen) atoms. The molecule has 0 aromatic rings. The van der Waals surface area contributed by atoms with E-state index < -0.39 is 12.6 Å². The van der Waals surface area contributed by atoms with E-state index in [-0.39, 0.29) is 37.7 Å². The largest absolute Gasteiger partial charge is 2.00 e. The van der Waals surface area contributed by atoms with Crippen LogP contribution in [0.2, 0.25) is 0 Å². The van der Waals surface area contributed by atoms with E-state index in [1.165, 1.54) is 0 Å². The second-order valence-electron chi connectivity index (χ2n) is 0.530. The van der Waals surface area contributed by atoms with Crippen molar-refractivity contribution >= 4 is 43.7 Å². The van der Waals surface area contributed by atoms with Gasteiger partial charge in [0.15, 0.2) is 0 Å². The zero-order chi connectivity index (χ0) is 4.28. The molecule has 0 radical (unpaired) electrons. The monoisotopic (exact) mass is 115 g/mol. The predicted octanol–water partition coefficient (Wildman–Crippen LogP) is -2.65. The Hall–Kier alpha value is 0.690. The van der Waals surface area contributed by atoms with Crippen molar-refractivity contribution in [2.45, 2.75) is 0 Å². The number of carboxylic acid groups (broad SMARTS) is 1. The number of carbonyl (C=O) groups excluding carboxylic acids is 1. The van der Waals surface area contributed by atoms with Crippen LogP contribution >= 0.6 is 0 Å². The van der Waals surface area contributed by atoms with E-state index in [0.717, 1.165) is 0 Å². The van der Waals surface area contributed by atoms with Crippen molar-refractivity contribution < 1.29 is 15.0 Å². The maximum absolute atomic E-state index is 9.01. The molecule has 30 valence electrons. The van der Waals surface area contributed by atoms with Crippen molar-refractivity contribution in [3.05, 3.63) is 0 Å². The van der Waals surface area contributed by atoms with Crippen LogP contribution in [-0.2, 0) is 4.79 Å². The van der Waals surface area contributed by atoms with Gasteiger partial charge in [-0.05, 0) is 0 Å². The number of rotatable bonds is 1. The Morgan fingerprint density at radius 2 is 2.00 bits per heavy atom. The molecule has 0 amide bonds. The Morgan fingerprint density at radius 1 is 1.83 bits per heavy atom. The molecule has 4 heteroatoms. The number of hydrogen-bond acceptors (Lipinski definition) is 3. The number of carbonyl (C=O) groups is 1. The van der Waals surface area contributed by atoms with E-state index >= 15 is 0 Å². The smallest absolute Gasteiger partial charge is 0.548 e. The van der Waals surface area contributed by atoms with Gasteiger partial charge < -0.3 is 15.0 Å². The SMILES string of the molecule is O=C([O-])CO.[Ca+2]. The third kappa shape index (κ3) is 8.83. The molecule has 0 rings (SSSR count). The molecule has 0 aliphatic heterocycles. The third-order valence-electron chi connectivity index (χ3n) is 0.129. The molecule has 0 fully saturated rings. The summed E-state index contributed by atoms with van der Waals surface area (Å²) in [5, 5.41) is 16.5. The summed E-state index contributed by atoms with van der Waals surface area (Å²) in [5.74, 6) is -1.44. The molecule has 3 nitrogen and oxygen atoms in total. The van der Waals surface area contributed by atoms with Crippen molar-refractivity contribution in [3.63, 3.8) is 0 Å². The molecule has 0 saturated carbocycles. The van der Waals surface area contributed by atoms with Crippen molar-refractivity contribution in [2.24, 2.45) is 0 Å². The van der Waals surface area contributed by atoms with Gasteiger partial charge in [-0.25, -0.2) is 0 Å². The summed E-state index contributed by atoms with van der Waals surface area (Å²) in [5.41, 5.74) is 0. The predicted molar refractivity (Wildman–Crippen MR) is 17.8 cm³/mol. The number of carboxylic acids is 1. The summed E-state index contributed by atoms with van der Waals surface area (Å²) in [6, 6.07) is 0. The summed E-state index contributed by atoms with van der Waals surface area (Å²) < 4.78 is 0. The van der Waals surface area contributed by atoms with Gasteiger partial charge in [0.25, 0.3) is 0 Å². The quantitative estimate of drug-likeness (QED) is 0.380. The second-order valence-corrected chi connectivity index (χ2v) is 0.530. The van der Waals surface area contributed by atoms with E-state index in [4.69, 9.17) is 15.0 Å². The molecule has 0 bridgehead atoms. The molecular weight excluding hydrogens is 112 g/mol. The number of aliphatic hydroxyl groups excluding tert-OH is 1. The normalized spacial score (nSPS) is 6.17.